The maximum absolute atomic E-state index is 12.9. The van der Waals surface area contributed by atoms with Gasteiger partial charge in [-0.25, -0.2) is 4.68 Å². The number of aryl methyl sites for hydroxylation is 3. The van der Waals surface area contributed by atoms with E-state index in [0.717, 1.165) is 27.1 Å². The Morgan fingerprint density at radius 2 is 1.81 bits per heavy atom. The molecule has 26 heavy (non-hydrogen) atoms. The van der Waals surface area contributed by atoms with Crippen LogP contribution in [0.5, 0.6) is 0 Å². The Balaban J connectivity index is 1.89. The average molecular weight is 416 g/mol. The number of hydrogen-bond donors (Lipinski definition) is 0. The van der Waals surface area contributed by atoms with E-state index in [1.165, 1.54) is 0 Å². The fourth-order valence-electron chi connectivity index (χ4n) is 3.12. The van der Waals surface area contributed by atoms with Crippen molar-refractivity contribution in [3.05, 3.63) is 68.8 Å². The minimum atomic E-state index is -0.0718. The predicted octanol–water partition coefficient (Wildman–Crippen LogP) is 4.73. The van der Waals surface area contributed by atoms with E-state index in [1.807, 2.05) is 62.7 Å². The Kier molecular flexibility index (Phi) is 5.05. The van der Waals surface area contributed by atoms with Crippen molar-refractivity contribution in [2.24, 2.45) is 0 Å². The van der Waals surface area contributed by atoms with Crippen molar-refractivity contribution in [2.45, 2.75) is 34.2 Å². The first-order valence-electron chi connectivity index (χ1n) is 8.42. The molecular weight excluding hydrogens is 394 g/mol. The number of benzene rings is 1. The molecule has 0 N–H and O–H groups in total. The molecule has 0 radical (unpaired) electrons. The molecule has 2 heterocycles. The number of para-hydroxylation sites is 1. The van der Waals surface area contributed by atoms with Crippen molar-refractivity contribution in [2.75, 3.05) is 7.05 Å². The van der Waals surface area contributed by atoms with Crippen LogP contribution in [0.4, 0.5) is 0 Å². The summed E-state index contributed by atoms with van der Waals surface area (Å²) < 4.78 is 8.21. The van der Waals surface area contributed by atoms with Crippen molar-refractivity contribution in [3.63, 3.8) is 0 Å². The van der Waals surface area contributed by atoms with Crippen LogP contribution in [-0.4, -0.2) is 27.6 Å². The number of nitrogens with zero attached hydrogens (tertiary/aromatic N) is 3. The molecule has 3 rings (SSSR count). The Morgan fingerprint density at radius 1 is 1.15 bits per heavy atom. The minimum absolute atomic E-state index is 0.0718. The zero-order chi connectivity index (χ0) is 19.0. The van der Waals surface area contributed by atoms with Crippen molar-refractivity contribution in [3.8, 4) is 5.69 Å². The highest BCUT2D eigenvalue weighted by atomic mass is 79.9. The molecule has 6 heteroatoms. The van der Waals surface area contributed by atoms with Crippen LogP contribution >= 0.6 is 15.9 Å². The summed E-state index contributed by atoms with van der Waals surface area (Å²) >= 11 is 3.46. The first kappa shape index (κ1) is 18.5. The second kappa shape index (κ2) is 7.11. The Labute approximate surface area is 161 Å². The summed E-state index contributed by atoms with van der Waals surface area (Å²) in [6, 6.07) is 10.0. The van der Waals surface area contributed by atoms with Crippen molar-refractivity contribution in [1.82, 2.24) is 14.7 Å². The number of carbonyl (C=O) groups is 1. The number of furan rings is 1. The summed E-state index contributed by atoms with van der Waals surface area (Å²) in [7, 11) is 1.80. The van der Waals surface area contributed by atoms with Crippen LogP contribution in [0.2, 0.25) is 0 Å². The lowest BCUT2D eigenvalue weighted by Crippen LogP contribution is -2.27. The minimum Gasteiger partial charge on any atom is -0.465 e. The zero-order valence-corrected chi connectivity index (χ0v) is 17.2. The molecular formula is C20H22BrN3O2. The van der Waals surface area contributed by atoms with Gasteiger partial charge in [0.25, 0.3) is 5.91 Å². The molecule has 0 unspecified atom stereocenters. The summed E-state index contributed by atoms with van der Waals surface area (Å²) in [5.41, 5.74) is 4.60. The van der Waals surface area contributed by atoms with E-state index in [1.54, 1.807) is 11.9 Å². The topological polar surface area (TPSA) is 51.3 Å². The maximum Gasteiger partial charge on any atom is 0.258 e. The fourth-order valence-corrected chi connectivity index (χ4v) is 3.65. The molecule has 0 spiro atoms. The van der Waals surface area contributed by atoms with Gasteiger partial charge in [0, 0.05) is 24.8 Å². The maximum atomic E-state index is 12.9. The molecule has 0 aliphatic carbocycles. The number of rotatable bonds is 4. The number of hydrogen-bond acceptors (Lipinski definition) is 3. The predicted molar refractivity (Wildman–Crippen MR) is 105 cm³/mol. The first-order valence-corrected chi connectivity index (χ1v) is 9.22. The molecule has 1 amide bonds. The van der Waals surface area contributed by atoms with E-state index in [-0.39, 0.29) is 5.91 Å². The highest BCUT2D eigenvalue weighted by molar-refractivity contribution is 9.10. The monoisotopic (exact) mass is 415 g/mol. The normalized spacial score (nSPS) is 11.0. The van der Waals surface area contributed by atoms with Gasteiger partial charge in [0.05, 0.1) is 21.4 Å². The number of carbonyl (C=O) groups excluding carboxylic acids is 1. The van der Waals surface area contributed by atoms with E-state index in [4.69, 9.17) is 4.42 Å². The van der Waals surface area contributed by atoms with Gasteiger partial charge in [0.1, 0.15) is 11.5 Å². The fraction of sp³-hybridized carbons (Fsp3) is 0.300. The van der Waals surface area contributed by atoms with Gasteiger partial charge in [0.15, 0.2) is 0 Å². The molecule has 3 aromatic rings. The number of aromatic nitrogens is 2. The van der Waals surface area contributed by atoms with E-state index in [9.17, 15) is 4.79 Å². The summed E-state index contributed by atoms with van der Waals surface area (Å²) in [5.74, 6) is 1.26. The van der Waals surface area contributed by atoms with Gasteiger partial charge in [-0.05, 0) is 55.8 Å². The van der Waals surface area contributed by atoms with Gasteiger partial charge in [-0.2, -0.15) is 5.10 Å². The van der Waals surface area contributed by atoms with Gasteiger partial charge in [0.2, 0.25) is 0 Å². The summed E-state index contributed by atoms with van der Waals surface area (Å²) in [4.78, 5) is 14.6. The second-order valence-corrected chi connectivity index (χ2v) is 7.25. The van der Waals surface area contributed by atoms with Crippen LogP contribution in [0.3, 0.4) is 0 Å². The van der Waals surface area contributed by atoms with Gasteiger partial charge >= 0.3 is 0 Å². The summed E-state index contributed by atoms with van der Waals surface area (Å²) in [5, 5.41) is 4.66. The lowest BCUT2D eigenvalue weighted by atomic mass is 10.1. The standard InChI is InChI=1S/C20H22BrN3O2/c1-12-17(13(2)24(22-12)16-9-7-6-8-10-16)11-23(5)20(25)18-14(3)26-15(4)19(18)21/h6-10H,11H2,1-5H3. The number of halogens is 1. The molecule has 0 bridgehead atoms. The molecule has 0 aliphatic heterocycles. The van der Waals surface area contributed by atoms with Crippen LogP contribution in [0.1, 0.15) is 38.8 Å². The third-order valence-corrected chi connectivity index (χ3v) is 5.54. The molecule has 0 saturated heterocycles. The lowest BCUT2D eigenvalue weighted by Gasteiger charge is -2.17. The Morgan fingerprint density at radius 3 is 2.38 bits per heavy atom. The van der Waals surface area contributed by atoms with Crippen molar-refractivity contribution < 1.29 is 9.21 Å². The highest BCUT2D eigenvalue weighted by Gasteiger charge is 2.24. The molecule has 1 aromatic carbocycles. The van der Waals surface area contributed by atoms with Crippen LogP contribution in [0, 0.1) is 27.7 Å². The first-order chi connectivity index (χ1) is 12.3. The van der Waals surface area contributed by atoms with Crippen molar-refractivity contribution >= 4 is 21.8 Å². The third kappa shape index (κ3) is 3.21. The van der Waals surface area contributed by atoms with Crippen LogP contribution in [0.15, 0.2) is 39.2 Å². The zero-order valence-electron chi connectivity index (χ0n) is 15.6. The summed E-state index contributed by atoms with van der Waals surface area (Å²) in [6.45, 7) is 8.14. The van der Waals surface area contributed by atoms with Crippen LogP contribution < -0.4 is 0 Å². The van der Waals surface area contributed by atoms with Crippen LogP contribution in [0.25, 0.3) is 5.69 Å². The third-order valence-electron chi connectivity index (χ3n) is 4.58. The van der Waals surface area contributed by atoms with Gasteiger partial charge < -0.3 is 9.32 Å². The van der Waals surface area contributed by atoms with Gasteiger partial charge in [-0.1, -0.05) is 18.2 Å². The second-order valence-electron chi connectivity index (χ2n) is 6.46. The SMILES string of the molecule is Cc1nn(-c2ccccc2)c(C)c1CN(C)C(=O)c1c(C)oc(C)c1Br. The van der Waals surface area contributed by atoms with E-state index in [0.29, 0.717) is 23.6 Å². The molecule has 0 saturated carbocycles. The van der Waals surface area contributed by atoms with Crippen LogP contribution in [-0.2, 0) is 6.54 Å². The quantitative estimate of drug-likeness (QED) is 0.618. The largest absolute Gasteiger partial charge is 0.465 e. The van der Waals surface area contributed by atoms with E-state index >= 15 is 0 Å². The molecule has 2 aromatic heterocycles. The molecule has 0 atom stereocenters. The molecule has 136 valence electrons. The van der Waals surface area contributed by atoms with Gasteiger partial charge in [-0.3, -0.25) is 4.79 Å². The van der Waals surface area contributed by atoms with Crippen molar-refractivity contribution in [1.29, 1.82) is 0 Å². The smallest absolute Gasteiger partial charge is 0.258 e. The van der Waals surface area contributed by atoms with E-state index in [2.05, 4.69) is 21.0 Å². The molecule has 5 nitrogen and oxygen atoms in total. The average Bonchev–Trinajstić information content (AvgIpc) is 3.04. The number of amides is 1. The Bertz CT molecular complexity index is 957. The lowest BCUT2D eigenvalue weighted by molar-refractivity contribution is 0.0782. The molecule has 0 aliphatic rings. The summed E-state index contributed by atoms with van der Waals surface area (Å²) in [6.07, 6.45) is 0. The Hall–Kier alpha value is -2.34. The molecule has 0 fully saturated rings. The highest BCUT2D eigenvalue weighted by Crippen LogP contribution is 2.29. The van der Waals surface area contributed by atoms with Gasteiger partial charge in [-0.15, -0.1) is 0 Å². The van der Waals surface area contributed by atoms with E-state index < -0.39 is 0 Å².